The Kier molecular flexibility index (Phi) is 4.09. The maximum absolute atomic E-state index is 12.1. The Labute approximate surface area is 116 Å². The van der Waals surface area contributed by atoms with Gasteiger partial charge in [-0.25, -0.2) is 8.42 Å². The maximum atomic E-state index is 12.1. The third-order valence-electron chi connectivity index (χ3n) is 2.49. The summed E-state index contributed by atoms with van der Waals surface area (Å²) in [5.74, 6) is 0. The highest BCUT2D eigenvalue weighted by Gasteiger charge is 2.13. The number of aliphatic hydroxyl groups is 1. The van der Waals surface area contributed by atoms with E-state index in [9.17, 15) is 8.42 Å². The lowest BCUT2D eigenvalue weighted by Crippen LogP contribution is -2.12. The van der Waals surface area contributed by atoms with Crippen LogP contribution in [-0.2, 0) is 16.6 Å². The van der Waals surface area contributed by atoms with Crippen LogP contribution in [-0.4, -0.2) is 13.5 Å². The van der Waals surface area contributed by atoms with Crippen LogP contribution in [0.25, 0.3) is 0 Å². The van der Waals surface area contributed by atoms with Crippen molar-refractivity contribution in [2.75, 3.05) is 4.72 Å². The van der Waals surface area contributed by atoms with Gasteiger partial charge in [-0.05, 0) is 35.9 Å². The van der Waals surface area contributed by atoms with E-state index >= 15 is 0 Å². The lowest BCUT2D eigenvalue weighted by atomic mass is 10.2. The monoisotopic (exact) mass is 297 g/mol. The highest BCUT2D eigenvalue weighted by Crippen LogP contribution is 2.19. The van der Waals surface area contributed by atoms with Gasteiger partial charge < -0.3 is 5.11 Å². The summed E-state index contributed by atoms with van der Waals surface area (Å²) in [6, 6.07) is 12.5. The van der Waals surface area contributed by atoms with Gasteiger partial charge in [-0.1, -0.05) is 29.8 Å². The largest absolute Gasteiger partial charge is 0.392 e. The van der Waals surface area contributed by atoms with Crippen molar-refractivity contribution >= 4 is 27.3 Å². The van der Waals surface area contributed by atoms with Crippen LogP contribution in [0.3, 0.4) is 0 Å². The van der Waals surface area contributed by atoms with Gasteiger partial charge in [0.05, 0.1) is 17.2 Å². The SMILES string of the molecule is O=S(=O)(Nc1cccc(Cl)c1)c1ccc(CO)cc1. The van der Waals surface area contributed by atoms with Crippen molar-refractivity contribution in [1.29, 1.82) is 0 Å². The van der Waals surface area contributed by atoms with Crippen LogP contribution >= 0.6 is 11.6 Å². The standard InChI is InChI=1S/C13H12ClNO3S/c14-11-2-1-3-12(8-11)15-19(17,18)13-6-4-10(9-16)5-7-13/h1-8,15-16H,9H2. The first-order chi connectivity index (χ1) is 9.01. The maximum Gasteiger partial charge on any atom is 0.261 e. The van der Waals surface area contributed by atoms with Crippen molar-refractivity contribution in [3.63, 3.8) is 0 Å². The summed E-state index contributed by atoms with van der Waals surface area (Å²) in [5, 5.41) is 9.37. The molecule has 0 aliphatic carbocycles. The molecular weight excluding hydrogens is 286 g/mol. The molecule has 0 aliphatic rings. The fourth-order valence-electron chi connectivity index (χ4n) is 1.54. The third kappa shape index (κ3) is 3.47. The summed E-state index contributed by atoms with van der Waals surface area (Å²) in [6.07, 6.45) is 0. The number of hydrogen-bond acceptors (Lipinski definition) is 3. The first-order valence-electron chi connectivity index (χ1n) is 5.49. The molecule has 0 radical (unpaired) electrons. The van der Waals surface area contributed by atoms with Crippen molar-refractivity contribution in [2.45, 2.75) is 11.5 Å². The average molecular weight is 298 g/mol. The molecule has 2 aromatic carbocycles. The molecule has 0 heterocycles. The van der Waals surface area contributed by atoms with Crippen LogP contribution in [0, 0.1) is 0 Å². The Morgan fingerprint density at radius 2 is 1.79 bits per heavy atom. The Morgan fingerprint density at radius 3 is 2.37 bits per heavy atom. The van der Waals surface area contributed by atoms with Gasteiger partial charge in [0, 0.05) is 5.02 Å². The van der Waals surface area contributed by atoms with E-state index in [-0.39, 0.29) is 11.5 Å². The van der Waals surface area contributed by atoms with E-state index in [1.54, 1.807) is 30.3 Å². The zero-order valence-corrected chi connectivity index (χ0v) is 11.4. The Hall–Kier alpha value is -1.56. The molecule has 0 fully saturated rings. The zero-order chi connectivity index (χ0) is 13.9. The highest BCUT2D eigenvalue weighted by molar-refractivity contribution is 7.92. The van der Waals surface area contributed by atoms with Gasteiger partial charge in [0.1, 0.15) is 0 Å². The normalized spacial score (nSPS) is 11.3. The van der Waals surface area contributed by atoms with Crippen LogP contribution in [0.2, 0.25) is 5.02 Å². The topological polar surface area (TPSA) is 66.4 Å². The highest BCUT2D eigenvalue weighted by atomic mass is 35.5. The van der Waals surface area contributed by atoms with Crippen LogP contribution in [0.4, 0.5) is 5.69 Å². The van der Waals surface area contributed by atoms with E-state index in [0.717, 1.165) is 0 Å². The predicted octanol–water partition coefficient (Wildman–Crippen LogP) is 2.63. The van der Waals surface area contributed by atoms with Gasteiger partial charge in [0.15, 0.2) is 0 Å². The first kappa shape index (κ1) is 13.9. The molecule has 0 saturated carbocycles. The van der Waals surface area contributed by atoms with Gasteiger partial charge in [0.2, 0.25) is 0 Å². The zero-order valence-electron chi connectivity index (χ0n) is 9.88. The van der Waals surface area contributed by atoms with E-state index in [2.05, 4.69) is 4.72 Å². The Morgan fingerprint density at radius 1 is 1.11 bits per heavy atom. The average Bonchev–Trinajstić information content (AvgIpc) is 2.38. The molecule has 0 aliphatic heterocycles. The van der Waals surface area contributed by atoms with Gasteiger partial charge in [-0.3, -0.25) is 4.72 Å². The molecule has 2 aromatic rings. The van der Waals surface area contributed by atoms with E-state index in [1.807, 2.05) is 0 Å². The van der Waals surface area contributed by atoms with Crippen molar-refractivity contribution < 1.29 is 13.5 Å². The fraction of sp³-hybridized carbons (Fsp3) is 0.0769. The van der Waals surface area contributed by atoms with Gasteiger partial charge in [0.25, 0.3) is 10.0 Å². The molecule has 0 saturated heterocycles. The smallest absolute Gasteiger partial charge is 0.261 e. The lowest BCUT2D eigenvalue weighted by Gasteiger charge is -2.08. The summed E-state index contributed by atoms with van der Waals surface area (Å²) < 4.78 is 26.6. The van der Waals surface area contributed by atoms with Crippen LogP contribution < -0.4 is 4.72 Å². The Balaban J connectivity index is 2.27. The summed E-state index contributed by atoms with van der Waals surface area (Å²) >= 11 is 5.80. The quantitative estimate of drug-likeness (QED) is 0.911. The Bertz CT molecular complexity index is 669. The molecule has 0 bridgehead atoms. The molecule has 4 nitrogen and oxygen atoms in total. The van der Waals surface area contributed by atoms with Crippen molar-refractivity contribution in [1.82, 2.24) is 0 Å². The number of hydrogen-bond donors (Lipinski definition) is 2. The molecule has 19 heavy (non-hydrogen) atoms. The van der Waals surface area contributed by atoms with E-state index in [1.165, 1.54) is 18.2 Å². The lowest BCUT2D eigenvalue weighted by molar-refractivity contribution is 0.282. The van der Waals surface area contributed by atoms with Crippen LogP contribution in [0.5, 0.6) is 0 Å². The summed E-state index contributed by atoms with van der Waals surface area (Å²) in [4.78, 5) is 0.129. The summed E-state index contributed by atoms with van der Waals surface area (Å²) in [7, 11) is -3.65. The number of benzene rings is 2. The van der Waals surface area contributed by atoms with E-state index in [4.69, 9.17) is 16.7 Å². The predicted molar refractivity (Wildman–Crippen MR) is 74.6 cm³/mol. The van der Waals surface area contributed by atoms with Crippen molar-refractivity contribution in [2.24, 2.45) is 0 Å². The second kappa shape index (κ2) is 5.61. The van der Waals surface area contributed by atoms with Crippen molar-refractivity contribution in [3.8, 4) is 0 Å². The second-order valence-corrected chi connectivity index (χ2v) is 6.04. The first-order valence-corrected chi connectivity index (χ1v) is 7.35. The molecular formula is C13H12ClNO3S. The molecule has 0 unspecified atom stereocenters. The van der Waals surface area contributed by atoms with E-state index < -0.39 is 10.0 Å². The fourth-order valence-corrected chi connectivity index (χ4v) is 2.78. The number of rotatable bonds is 4. The minimum absolute atomic E-state index is 0.123. The number of sulfonamides is 1. The molecule has 6 heteroatoms. The molecule has 0 spiro atoms. The van der Waals surface area contributed by atoms with Crippen LogP contribution in [0.15, 0.2) is 53.4 Å². The van der Waals surface area contributed by atoms with Crippen molar-refractivity contribution in [3.05, 3.63) is 59.1 Å². The number of anilines is 1. The molecule has 2 N–H and O–H groups in total. The van der Waals surface area contributed by atoms with Gasteiger partial charge >= 0.3 is 0 Å². The summed E-state index contributed by atoms with van der Waals surface area (Å²) in [6.45, 7) is -0.123. The molecule has 100 valence electrons. The summed E-state index contributed by atoms with van der Waals surface area (Å²) in [5.41, 5.74) is 1.06. The molecule has 0 amide bonds. The van der Waals surface area contributed by atoms with E-state index in [0.29, 0.717) is 16.3 Å². The molecule has 0 aromatic heterocycles. The third-order valence-corrected chi connectivity index (χ3v) is 4.13. The van der Waals surface area contributed by atoms with Gasteiger partial charge in [-0.2, -0.15) is 0 Å². The number of nitrogens with one attached hydrogen (secondary N) is 1. The second-order valence-electron chi connectivity index (χ2n) is 3.92. The molecule has 0 atom stereocenters. The minimum atomic E-state index is -3.65. The van der Waals surface area contributed by atoms with Gasteiger partial charge in [-0.15, -0.1) is 0 Å². The number of aliphatic hydroxyl groups excluding tert-OH is 1. The van der Waals surface area contributed by atoms with Crippen LogP contribution in [0.1, 0.15) is 5.56 Å². The molecule has 2 rings (SSSR count). The number of halogens is 1. The minimum Gasteiger partial charge on any atom is -0.392 e.